The van der Waals surface area contributed by atoms with Crippen molar-refractivity contribution in [1.29, 1.82) is 0 Å². The average molecular weight is 356 g/mol. The summed E-state index contributed by atoms with van der Waals surface area (Å²) in [5, 5.41) is 0. The minimum absolute atomic E-state index is 0. The molecule has 0 spiro atoms. The molecule has 1 heterocycles. The topological polar surface area (TPSA) is 63.6 Å². The number of hydrogen-bond acceptors (Lipinski definition) is 4. The summed E-state index contributed by atoms with van der Waals surface area (Å²) in [4.78, 5) is 0.763. The van der Waals surface area contributed by atoms with Crippen molar-refractivity contribution in [1.82, 2.24) is 0 Å². The first-order valence-electron chi connectivity index (χ1n) is 6.43. The second-order valence-electron chi connectivity index (χ2n) is 4.53. The summed E-state index contributed by atoms with van der Waals surface area (Å²) in [6, 6.07) is 19.8. The molecule has 2 aromatic carbocycles. The third-order valence-electron chi connectivity index (χ3n) is 2.95. The quantitative estimate of drug-likeness (QED) is 0.569. The van der Waals surface area contributed by atoms with Crippen molar-refractivity contribution in [2.24, 2.45) is 0 Å². The fourth-order valence-electron chi connectivity index (χ4n) is 1.93. The molecule has 3 rings (SSSR count). The molecule has 3 aromatic rings. The van der Waals surface area contributed by atoms with Gasteiger partial charge in [0.2, 0.25) is 0 Å². The first-order chi connectivity index (χ1) is 10.5. The van der Waals surface area contributed by atoms with E-state index in [0.29, 0.717) is 5.75 Å². The number of hydrogen-bond donors (Lipinski definition) is 1. The second kappa shape index (κ2) is 7.61. The number of para-hydroxylation sites is 1. The summed E-state index contributed by atoms with van der Waals surface area (Å²) in [6.07, 6.45) is 0. The monoisotopic (exact) mass is 356 g/mol. The van der Waals surface area contributed by atoms with Crippen LogP contribution in [-0.2, 0) is 10.1 Å². The van der Waals surface area contributed by atoms with Crippen LogP contribution in [0.1, 0.15) is 1.43 Å². The summed E-state index contributed by atoms with van der Waals surface area (Å²) in [7, 11) is -4.15. The normalized spacial score (nSPS) is 10.8. The SMILES string of the molecule is O=S(=O)(O)c1ccc(-c2ccc(Oc3ccccc3)cc2)s1.[H-].[Na+]. The van der Waals surface area contributed by atoms with Crippen LogP contribution in [0.15, 0.2) is 70.9 Å². The van der Waals surface area contributed by atoms with Crippen molar-refractivity contribution in [2.45, 2.75) is 4.21 Å². The molecule has 0 saturated heterocycles. The molecular weight excluding hydrogens is 343 g/mol. The first kappa shape index (κ1) is 18.2. The Morgan fingerprint density at radius 1 is 0.870 bits per heavy atom. The van der Waals surface area contributed by atoms with E-state index < -0.39 is 10.1 Å². The third-order valence-corrected chi connectivity index (χ3v) is 5.41. The minimum atomic E-state index is -4.15. The number of thiophene rings is 1. The maximum atomic E-state index is 11.1. The molecule has 0 aliphatic carbocycles. The van der Waals surface area contributed by atoms with Crippen molar-refractivity contribution in [3.63, 3.8) is 0 Å². The largest absolute Gasteiger partial charge is 1.00 e. The van der Waals surface area contributed by atoms with Crippen LogP contribution in [0.3, 0.4) is 0 Å². The van der Waals surface area contributed by atoms with Gasteiger partial charge in [-0.1, -0.05) is 18.2 Å². The predicted molar refractivity (Wildman–Crippen MR) is 87.2 cm³/mol. The van der Waals surface area contributed by atoms with E-state index in [2.05, 4.69) is 0 Å². The Hall–Kier alpha value is -1.15. The average Bonchev–Trinajstić information content (AvgIpc) is 2.99. The standard InChI is InChI=1S/C16H12O4S2.Na.H/c17-22(18,19)16-11-10-15(21-16)12-6-8-14(9-7-12)20-13-4-2-1-3-5-13;;/h1-11H,(H,17,18,19);;/q;+1;-1. The molecule has 7 heteroatoms. The zero-order chi connectivity index (χ0) is 15.6. The van der Waals surface area contributed by atoms with Crippen molar-refractivity contribution in [3.8, 4) is 21.9 Å². The Labute approximate surface area is 162 Å². The van der Waals surface area contributed by atoms with Gasteiger partial charge in [-0.2, -0.15) is 8.42 Å². The van der Waals surface area contributed by atoms with Crippen LogP contribution in [0.5, 0.6) is 11.5 Å². The third kappa shape index (κ3) is 4.67. The van der Waals surface area contributed by atoms with Crippen molar-refractivity contribution in [3.05, 3.63) is 66.7 Å². The van der Waals surface area contributed by atoms with E-state index in [-0.39, 0.29) is 35.2 Å². The van der Waals surface area contributed by atoms with E-state index in [9.17, 15) is 8.42 Å². The molecule has 0 aliphatic rings. The fraction of sp³-hybridized carbons (Fsp3) is 0. The van der Waals surface area contributed by atoms with Crippen LogP contribution < -0.4 is 34.3 Å². The van der Waals surface area contributed by atoms with Crippen molar-refractivity contribution in [2.75, 3.05) is 0 Å². The van der Waals surface area contributed by atoms with Gasteiger partial charge in [0, 0.05) is 4.88 Å². The Morgan fingerprint density at radius 3 is 2.04 bits per heavy atom. The van der Waals surface area contributed by atoms with E-state index in [4.69, 9.17) is 9.29 Å². The Bertz CT molecular complexity index is 878. The van der Waals surface area contributed by atoms with Gasteiger partial charge in [-0.25, -0.2) is 0 Å². The van der Waals surface area contributed by atoms with Crippen molar-refractivity contribution >= 4 is 21.5 Å². The molecular formula is C16H13NaO4S2. The number of ether oxygens (including phenoxy) is 1. The Kier molecular flexibility index (Phi) is 6.02. The van der Waals surface area contributed by atoms with Gasteiger partial charge in [0.05, 0.1) is 0 Å². The zero-order valence-electron chi connectivity index (χ0n) is 13.3. The number of benzene rings is 2. The molecule has 0 aliphatic heterocycles. The van der Waals surface area contributed by atoms with E-state index in [0.717, 1.165) is 27.5 Å². The molecule has 4 nitrogen and oxygen atoms in total. The molecule has 0 bridgehead atoms. The molecule has 1 aromatic heterocycles. The van der Waals surface area contributed by atoms with E-state index >= 15 is 0 Å². The van der Waals surface area contributed by atoms with Crippen LogP contribution in [0.2, 0.25) is 0 Å². The van der Waals surface area contributed by atoms with E-state index in [1.807, 2.05) is 54.6 Å². The van der Waals surface area contributed by atoms with E-state index in [1.165, 1.54) is 6.07 Å². The molecule has 114 valence electrons. The molecule has 0 radical (unpaired) electrons. The Balaban J connectivity index is 0.00000144. The maximum absolute atomic E-state index is 11.1. The predicted octanol–water partition coefficient (Wildman–Crippen LogP) is 1.57. The molecule has 23 heavy (non-hydrogen) atoms. The van der Waals surface area contributed by atoms with Crippen LogP contribution in [0.4, 0.5) is 0 Å². The van der Waals surface area contributed by atoms with Crippen LogP contribution in [-0.4, -0.2) is 13.0 Å². The Morgan fingerprint density at radius 2 is 1.48 bits per heavy atom. The summed E-state index contributed by atoms with van der Waals surface area (Å²) in [5.41, 5.74) is 0.861. The summed E-state index contributed by atoms with van der Waals surface area (Å²) >= 11 is 1.02. The zero-order valence-corrected chi connectivity index (χ0v) is 16.0. The van der Waals surface area contributed by atoms with E-state index in [1.54, 1.807) is 6.07 Å². The molecule has 0 atom stereocenters. The number of rotatable bonds is 4. The molecule has 1 N–H and O–H groups in total. The van der Waals surface area contributed by atoms with Gasteiger partial charge < -0.3 is 6.16 Å². The van der Waals surface area contributed by atoms with Gasteiger partial charge in [-0.3, -0.25) is 4.55 Å². The van der Waals surface area contributed by atoms with Gasteiger partial charge in [-0.15, -0.1) is 11.3 Å². The fourth-order valence-corrected chi connectivity index (χ4v) is 3.60. The molecule has 0 unspecified atom stereocenters. The van der Waals surface area contributed by atoms with Gasteiger partial charge >= 0.3 is 39.7 Å². The summed E-state index contributed by atoms with van der Waals surface area (Å²) in [6.45, 7) is 0. The van der Waals surface area contributed by atoms with Crippen LogP contribution in [0.25, 0.3) is 10.4 Å². The van der Waals surface area contributed by atoms with Gasteiger partial charge in [0.25, 0.3) is 0 Å². The first-order valence-corrected chi connectivity index (χ1v) is 8.69. The summed E-state index contributed by atoms with van der Waals surface area (Å²) in [5.74, 6) is 1.45. The van der Waals surface area contributed by atoms with Gasteiger partial charge in [0.1, 0.15) is 15.7 Å². The minimum Gasteiger partial charge on any atom is -1.00 e. The van der Waals surface area contributed by atoms with Crippen molar-refractivity contribution < 1.29 is 48.7 Å². The molecule has 0 fully saturated rings. The van der Waals surface area contributed by atoms with Crippen LogP contribution >= 0.6 is 11.3 Å². The maximum Gasteiger partial charge on any atom is 1.00 e. The second-order valence-corrected chi connectivity index (χ2v) is 7.27. The van der Waals surface area contributed by atoms with Gasteiger partial charge in [0.15, 0.2) is 0 Å². The smallest absolute Gasteiger partial charge is 1.00 e. The summed E-state index contributed by atoms with van der Waals surface area (Å²) < 4.78 is 36.8. The van der Waals surface area contributed by atoms with Crippen LogP contribution in [0, 0.1) is 0 Å². The van der Waals surface area contributed by atoms with Gasteiger partial charge in [-0.05, 0) is 54.1 Å². The molecule has 0 saturated carbocycles. The molecule has 0 amide bonds.